The minimum absolute atomic E-state index is 0.595. The molecule has 1 saturated heterocycles. The third-order valence-electron chi connectivity index (χ3n) is 4.55. The van der Waals surface area contributed by atoms with Crippen LogP contribution in [-0.2, 0) is 11.2 Å². The van der Waals surface area contributed by atoms with Gasteiger partial charge in [-0.1, -0.05) is 24.3 Å². The number of rotatable bonds is 4. The van der Waals surface area contributed by atoms with Gasteiger partial charge in [-0.25, -0.2) is 0 Å². The van der Waals surface area contributed by atoms with E-state index in [4.69, 9.17) is 17.0 Å². The molecule has 1 aliphatic heterocycles. The molecule has 5 nitrogen and oxygen atoms in total. The van der Waals surface area contributed by atoms with Crippen LogP contribution in [0, 0.1) is 0 Å². The van der Waals surface area contributed by atoms with E-state index in [0.717, 1.165) is 57.9 Å². The van der Waals surface area contributed by atoms with Gasteiger partial charge < -0.3 is 10.1 Å². The van der Waals surface area contributed by atoms with Crippen LogP contribution in [0.2, 0.25) is 0 Å². The van der Waals surface area contributed by atoms with Crippen LogP contribution in [0.5, 0.6) is 0 Å². The van der Waals surface area contributed by atoms with Gasteiger partial charge in [-0.3, -0.25) is 10.3 Å². The van der Waals surface area contributed by atoms with Crippen LogP contribution in [0.25, 0.3) is 0 Å². The van der Waals surface area contributed by atoms with E-state index in [1.54, 1.807) is 0 Å². The SMILES string of the molecule is S=C(NCCN1CCOCC1)N/N=C1/CCCCc2ccccc21. The molecule has 2 aliphatic rings. The average Bonchev–Trinajstić information content (AvgIpc) is 2.83. The van der Waals surface area contributed by atoms with E-state index in [-0.39, 0.29) is 0 Å². The Balaban J connectivity index is 1.48. The molecule has 0 bridgehead atoms. The van der Waals surface area contributed by atoms with Crippen LogP contribution in [0.1, 0.15) is 30.4 Å². The van der Waals surface area contributed by atoms with E-state index in [1.807, 2.05) is 0 Å². The first-order valence-electron chi connectivity index (χ1n) is 8.82. The highest BCUT2D eigenvalue weighted by molar-refractivity contribution is 7.80. The van der Waals surface area contributed by atoms with Gasteiger partial charge in [0.05, 0.1) is 18.9 Å². The molecular weight excluding hydrogens is 320 g/mol. The second-order valence-corrected chi connectivity index (χ2v) is 6.65. The zero-order chi connectivity index (χ0) is 16.6. The van der Waals surface area contributed by atoms with Gasteiger partial charge >= 0.3 is 0 Å². The lowest BCUT2D eigenvalue weighted by Crippen LogP contribution is -2.43. The fourth-order valence-corrected chi connectivity index (χ4v) is 3.34. The van der Waals surface area contributed by atoms with Crippen molar-refractivity contribution in [1.29, 1.82) is 0 Å². The number of aryl methyl sites for hydroxylation is 1. The highest BCUT2D eigenvalue weighted by atomic mass is 32.1. The third-order valence-corrected chi connectivity index (χ3v) is 4.78. The van der Waals surface area contributed by atoms with E-state index in [9.17, 15) is 0 Å². The van der Waals surface area contributed by atoms with Crippen LogP contribution in [0.4, 0.5) is 0 Å². The molecule has 0 aromatic heterocycles. The average molecular weight is 347 g/mol. The van der Waals surface area contributed by atoms with Crippen LogP contribution < -0.4 is 10.7 Å². The maximum Gasteiger partial charge on any atom is 0.187 e. The van der Waals surface area contributed by atoms with Gasteiger partial charge in [-0.2, -0.15) is 5.10 Å². The highest BCUT2D eigenvalue weighted by Gasteiger charge is 2.13. The van der Waals surface area contributed by atoms with E-state index >= 15 is 0 Å². The fraction of sp³-hybridized carbons (Fsp3) is 0.556. The minimum atomic E-state index is 0.595. The molecule has 0 spiro atoms. The van der Waals surface area contributed by atoms with Gasteiger partial charge in [0.1, 0.15) is 0 Å². The van der Waals surface area contributed by atoms with Crippen molar-refractivity contribution in [3.8, 4) is 0 Å². The summed E-state index contributed by atoms with van der Waals surface area (Å²) in [5.74, 6) is 0. The van der Waals surface area contributed by atoms with Gasteiger partial charge in [-0.15, -0.1) is 0 Å². The maximum atomic E-state index is 5.35. The van der Waals surface area contributed by atoms with Crippen molar-refractivity contribution in [2.75, 3.05) is 39.4 Å². The summed E-state index contributed by atoms with van der Waals surface area (Å²) in [5.41, 5.74) is 6.79. The number of hydrogen-bond donors (Lipinski definition) is 2. The summed E-state index contributed by atoms with van der Waals surface area (Å²) in [5, 5.41) is 8.41. The van der Waals surface area contributed by atoms with Crippen LogP contribution >= 0.6 is 12.2 Å². The molecule has 1 aliphatic carbocycles. The van der Waals surface area contributed by atoms with Crippen LogP contribution in [0.15, 0.2) is 29.4 Å². The van der Waals surface area contributed by atoms with Crippen molar-refractivity contribution >= 4 is 23.0 Å². The molecule has 0 unspecified atom stereocenters. The summed E-state index contributed by atoms with van der Waals surface area (Å²) in [4.78, 5) is 2.38. The summed E-state index contributed by atoms with van der Waals surface area (Å²) < 4.78 is 5.35. The zero-order valence-electron chi connectivity index (χ0n) is 14.1. The molecule has 0 saturated carbocycles. The molecule has 24 heavy (non-hydrogen) atoms. The summed E-state index contributed by atoms with van der Waals surface area (Å²) in [6, 6.07) is 8.55. The molecule has 1 heterocycles. The standard InChI is InChI=1S/C18H26N4OS/c24-18(19-9-10-22-11-13-23-14-12-22)21-20-17-8-4-2-6-15-5-1-3-7-16(15)17/h1,3,5,7H,2,4,6,8-14H2,(H2,19,21,24)/b20-17-. The quantitative estimate of drug-likeness (QED) is 0.495. The van der Waals surface area contributed by atoms with Crippen LogP contribution in [0.3, 0.4) is 0 Å². The number of benzene rings is 1. The van der Waals surface area contributed by atoms with E-state index in [0.29, 0.717) is 5.11 Å². The molecule has 1 aromatic rings. The second-order valence-electron chi connectivity index (χ2n) is 6.24. The molecule has 0 radical (unpaired) electrons. The molecule has 3 rings (SSSR count). The van der Waals surface area contributed by atoms with Crippen molar-refractivity contribution in [1.82, 2.24) is 15.6 Å². The topological polar surface area (TPSA) is 48.9 Å². The Labute approximate surface area is 149 Å². The number of hydrogen-bond acceptors (Lipinski definition) is 4. The molecule has 2 N–H and O–H groups in total. The van der Waals surface area contributed by atoms with Crippen molar-refractivity contribution in [3.63, 3.8) is 0 Å². The van der Waals surface area contributed by atoms with Gasteiger partial charge in [0.15, 0.2) is 5.11 Å². The molecule has 1 aromatic carbocycles. The first-order chi connectivity index (χ1) is 11.8. The van der Waals surface area contributed by atoms with Crippen molar-refractivity contribution in [2.24, 2.45) is 5.10 Å². The van der Waals surface area contributed by atoms with E-state index in [1.165, 1.54) is 24.0 Å². The number of ether oxygens (including phenoxy) is 1. The summed E-state index contributed by atoms with van der Waals surface area (Å²) in [7, 11) is 0. The second kappa shape index (κ2) is 9.11. The fourth-order valence-electron chi connectivity index (χ4n) is 3.19. The molecule has 0 atom stereocenters. The lowest BCUT2D eigenvalue weighted by atomic mass is 10.0. The van der Waals surface area contributed by atoms with Crippen molar-refractivity contribution < 1.29 is 4.74 Å². The Morgan fingerprint density at radius 3 is 2.83 bits per heavy atom. The number of hydrazone groups is 1. The Morgan fingerprint density at radius 1 is 1.17 bits per heavy atom. The maximum absolute atomic E-state index is 5.35. The van der Waals surface area contributed by atoms with Crippen molar-refractivity contribution in [2.45, 2.75) is 25.7 Å². The van der Waals surface area contributed by atoms with Gasteiger partial charge in [-0.05, 0) is 43.5 Å². The third kappa shape index (κ3) is 5.00. The molecular formula is C18H26N4OS. The molecule has 0 amide bonds. The number of nitrogens with one attached hydrogen (secondary N) is 2. The summed E-state index contributed by atoms with van der Waals surface area (Å²) >= 11 is 5.35. The lowest BCUT2D eigenvalue weighted by Gasteiger charge is -2.26. The van der Waals surface area contributed by atoms with Gasteiger partial charge in [0.25, 0.3) is 0 Å². The summed E-state index contributed by atoms with van der Waals surface area (Å²) in [6.45, 7) is 5.46. The first kappa shape index (κ1) is 17.3. The van der Waals surface area contributed by atoms with Crippen molar-refractivity contribution in [3.05, 3.63) is 35.4 Å². The van der Waals surface area contributed by atoms with Crippen LogP contribution in [-0.4, -0.2) is 55.1 Å². The number of thiocarbonyl (C=S) groups is 1. The minimum Gasteiger partial charge on any atom is -0.379 e. The molecule has 130 valence electrons. The monoisotopic (exact) mass is 346 g/mol. The Bertz CT molecular complexity index is 584. The van der Waals surface area contributed by atoms with E-state index < -0.39 is 0 Å². The normalized spacial score (nSPS) is 20.2. The Kier molecular flexibility index (Phi) is 6.57. The predicted molar refractivity (Wildman–Crippen MR) is 102 cm³/mol. The Hall–Kier alpha value is -1.50. The largest absolute Gasteiger partial charge is 0.379 e. The highest BCUT2D eigenvalue weighted by Crippen LogP contribution is 2.20. The predicted octanol–water partition coefficient (Wildman–Crippen LogP) is 1.91. The number of fused-ring (bicyclic) bond motifs is 1. The first-order valence-corrected chi connectivity index (χ1v) is 9.22. The number of morpholine rings is 1. The van der Waals surface area contributed by atoms with Gasteiger partial charge in [0.2, 0.25) is 0 Å². The molecule has 1 fully saturated rings. The Morgan fingerprint density at radius 2 is 1.96 bits per heavy atom. The summed E-state index contributed by atoms with van der Waals surface area (Å²) in [6.07, 6.45) is 4.53. The van der Waals surface area contributed by atoms with E-state index in [2.05, 4.69) is 45.0 Å². The molecule has 6 heteroatoms. The lowest BCUT2D eigenvalue weighted by molar-refractivity contribution is 0.0389. The number of nitrogens with zero attached hydrogens (tertiary/aromatic N) is 2. The smallest absolute Gasteiger partial charge is 0.187 e. The van der Waals surface area contributed by atoms with Gasteiger partial charge in [0, 0.05) is 31.7 Å². The zero-order valence-corrected chi connectivity index (χ0v) is 14.9.